The van der Waals surface area contributed by atoms with E-state index >= 15 is 0 Å². The Hall–Kier alpha value is -2.75. The number of carbonyl (C=O) groups is 1. The first-order chi connectivity index (χ1) is 14.1. The first-order valence-corrected chi connectivity index (χ1v) is 9.21. The highest BCUT2D eigenvalue weighted by molar-refractivity contribution is 5.73. The van der Waals surface area contributed by atoms with Gasteiger partial charge in [0, 0.05) is 26.1 Å². The van der Waals surface area contributed by atoms with Crippen molar-refractivity contribution in [3.05, 3.63) is 53.6 Å². The van der Waals surface area contributed by atoms with Gasteiger partial charge in [-0.2, -0.15) is 13.2 Å². The number of anilines is 1. The maximum absolute atomic E-state index is 13.0. The molecule has 1 fully saturated rings. The predicted octanol–water partition coefficient (Wildman–Crippen LogP) is 3.64. The van der Waals surface area contributed by atoms with Crippen LogP contribution in [0.2, 0.25) is 0 Å². The van der Waals surface area contributed by atoms with Gasteiger partial charge in [0.1, 0.15) is 0 Å². The van der Waals surface area contributed by atoms with Crippen molar-refractivity contribution in [3.8, 4) is 0 Å². The van der Waals surface area contributed by atoms with E-state index in [-0.39, 0.29) is 6.10 Å². The fraction of sp³-hybridized carbons (Fsp3) is 0.450. The second-order valence-corrected chi connectivity index (χ2v) is 6.97. The number of rotatable bonds is 4. The molecule has 10 heteroatoms. The first-order valence-electron chi connectivity index (χ1n) is 9.21. The van der Waals surface area contributed by atoms with E-state index in [0.29, 0.717) is 11.9 Å². The summed E-state index contributed by atoms with van der Waals surface area (Å²) < 4.78 is 50.4. The molecule has 0 radical (unpaired) electrons. The lowest BCUT2D eigenvalue weighted by atomic mass is 9.88. The van der Waals surface area contributed by atoms with Crippen LogP contribution in [0.1, 0.15) is 17.5 Å². The minimum Gasteiger partial charge on any atom is -0.475 e. The minimum atomic E-state index is -5.08. The quantitative estimate of drug-likeness (QED) is 0.748. The van der Waals surface area contributed by atoms with Crippen molar-refractivity contribution in [3.63, 3.8) is 0 Å². The molecule has 0 saturated carbocycles. The molecule has 2 heterocycles. The SMILES string of the molecule is CO[C@H]1CCN(c2ncc(F)cn2)C[C@@H]1Cc1cccc(C)c1.O=C(O)C(F)(F)F. The number of carboxylic acid groups (broad SMARTS) is 1. The van der Waals surface area contributed by atoms with Gasteiger partial charge < -0.3 is 14.7 Å². The summed E-state index contributed by atoms with van der Waals surface area (Å²) in [6, 6.07) is 8.58. The van der Waals surface area contributed by atoms with Gasteiger partial charge in [-0.15, -0.1) is 0 Å². The van der Waals surface area contributed by atoms with E-state index in [4.69, 9.17) is 14.6 Å². The molecule has 6 nitrogen and oxygen atoms in total. The van der Waals surface area contributed by atoms with Crippen LogP contribution in [0.5, 0.6) is 0 Å². The van der Waals surface area contributed by atoms with Crippen LogP contribution in [0.4, 0.5) is 23.5 Å². The number of aromatic nitrogens is 2. The zero-order chi connectivity index (χ0) is 22.3. The lowest BCUT2D eigenvalue weighted by Gasteiger charge is -2.38. The number of benzene rings is 1. The third-order valence-electron chi connectivity index (χ3n) is 4.68. The average molecular weight is 429 g/mol. The van der Waals surface area contributed by atoms with Gasteiger partial charge in [0.2, 0.25) is 5.95 Å². The van der Waals surface area contributed by atoms with Gasteiger partial charge in [-0.3, -0.25) is 0 Å². The third kappa shape index (κ3) is 6.94. The molecule has 1 aliphatic heterocycles. The zero-order valence-corrected chi connectivity index (χ0v) is 16.6. The number of methoxy groups -OCH3 is 1. The number of piperidine rings is 1. The van der Waals surface area contributed by atoms with Crippen LogP contribution in [0.3, 0.4) is 0 Å². The standard InChI is InChI=1S/C18H22FN3O.C2HF3O2/c1-13-4-3-5-14(8-13)9-15-12-22(7-6-17(15)23-2)18-20-10-16(19)11-21-18;3-2(4,5)1(6)7/h3-5,8,10-11,15,17H,6-7,9,12H2,1-2H3;(H,6,7)/t15-,17-;/m0./s1. The van der Waals surface area contributed by atoms with Crippen molar-refractivity contribution >= 4 is 11.9 Å². The van der Waals surface area contributed by atoms with Crippen LogP contribution in [-0.4, -0.2) is 53.5 Å². The molecule has 1 saturated heterocycles. The number of hydrogen-bond donors (Lipinski definition) is 1. The summed E-state index contributed by atoms with van der Waals surface area (Å²) in [6.45, 7) is 3.75. The van der Waals surface area contributed by atoms with Crippen molar-refractivity contribution in [2.75, 3.05) is 25.1 Å². The van der Waals surface area contributed by atoms with Gasteiger partial charge in [-0.1, -0.05) is 29.8 Å². The highest BCUT2D eigenvalue weighted by Gasteiger charge is 2.38. The highest BCUT2D eigenvalue weighted by atomic mass is 19.4. The second-order valence-electron chi connectivity index (χ2n) is 6.97. The molecule has 3 rings (SSSR count). The molecule has 30 heavy (non-hydrogen) atoms. The van der Waals surface area contributed by atoms with E-state index in [0.717, 1.165) is 25.9 Å². The van der Waals surface area contributed by atoms with Crippen LogP contribution in [0, 0.1) is 18.7 Å². The Morgan fingerprint density at radius 3 is 2.47 bits per heavy atom. The topological polar surface area (TPSA) is 75.5 Å². The van der Waals surface area contributed by atoms with Crippen LogP contribution in [-0.2, 0) is 16.0 Å². The lowest BCUT2D eigenvalue weighted by Crippen LogP contribution is -2.45. The van der Waals surface area contributed by atoms with Gasteiger partial charge in [0.15, 0.2) is 5.82 Å². The van der Waals surface area contributed by atoms with E-state index in [1.165, 1.54) is 23.5 Å². The van der Waals surface area contributed by atoms with Crippen molar-refractivity contribution in [1.82, 2.24) is 9.97 Å². The molecular weight excluding hydrogens is 406 g/mol. The number of aryl methyl sites for hydroxylation is 1. The number of alkyl halides is 3. The molecule has 0 spiro atoms. The smallest absolute Gasteiger partial charge is 0.475 e. The molecule has 1 N–H and O–H groups in total. The Kier molecular flexibility index (Phi) is 8.10. The van der Waals surface area contributed by atoms with Gasteiger partial charge in [0.25, 0.3) is 0 Å². The summed E-state index contributed by atoms with van der Waals surface area (Å²) in [6.07, 6.45) is -0.529. The largest absolute Gasteiger partial charge is 0.490 e. The Morgan fingerprint density at radius 1 is 1.30 bits per heavy atom. The van der Waals surface area contributed by atoms with Crippen molar-refractivity contribution < 1.29 is 32.2 Å². The molecular formula is C20H23F4N3O3. The van der Waals surface area contributed by atoms with Crippen molar-refractivity contribution in [1.29, 1.82) is 0 Å². The normalized spacial score (nSPS) is 19.1. The van der Waals surface area contributed by atoms with Gasteiger partial charge in [0.05, 0.1) is 18.5 Å². The number of hydrogen-bond acceptors (Lipinski definition) is 5. The van der Waals surface area contributed by atoms with Gasteiger partial charge in [-0.05, 0) is 25.3 Å². The van der Waals surface area contributed by atoms with Crippen LogP contribution < -0.4 is 4.90 Å². The molecule has 1 aromatic heterocycles. The Bertz CT molecular complexity index is 831. The third-order valence-corrected chi connectivity index (χ3v) is 4.68. The maximum atomic E-state index is 13.0. The summed E-state index contributed by atoms with van der Waals surface area (Å²) in [5.74, 6) is -2.20. The summed E-state index contributed by atoms with van der Waals surface area (Å²) in [5, 5.41) is 7.12. The predicted molar refractivity (Wildman–Crippen MR) is 102 cm³/mol. The number of nitrogens with zero attached hydrogens (tertiary/aromatic N) is 3. The van der Waals surface area contributed by atoms with Gasteiger partial charge >= 0.3 is 12.1 Å². The molecule has 0 unspecified atom stereocenters. The van der Waals surface area contributed by atoms with E-state index in [2.05, 4.69) is 46.1 Å². The number of halogens is 4. The minimum absolute atomic E-state index is 0.229. The highest BCUT2D eigenvalue weighted by Crippen LogP contribution is 2.26. The summed E-state index contributed by atoms with van der Waals surface area (Å²) in [7, 11) is 1.78. The number of carboxylic acids is 1. The van der Waals surface area contributed by atoms with Crippen molar-refractivity contribution in [2.45, 2.75) is 32.0 Å². The fourth-order valence-electron chi connectivity index (χ4n) is 3.31. The molecule has 2 aromatic rings. The molecule has 1 aromatic carbocycles. The molecule has 2 atom stereocenters. The second kappa shape index (κ2) is 10.3. The van der Waals surface area contributed by atoms with Crippen LogP contribution in [0.25, 0.3) is 0 Å². The lowest BCUT2D eigenvalue weighted by molar-refractivity contribution is -0.192. The van der Waals surface area contributed by atoms with Crippen LogP contribution in [0.15, 0.2) is 36.7 Å². The first kappa shape index (κ1) is 23.5. The number of ether oxygens (including phenoxy) is 1. The molecule has 164 valence electrons. The van der Waals surface area contributed by atoms with Crippen molar-refractivity contribution in [2.24, 2.45) is 5.92 Å². The summed E-state index contributed by atoms with van der Waals surface area (Å²) >= 11 is 0. The fourth-order valence-corrected chi connectivity index (χ4v) is 3.31. The molecule has 0 bridgehead atoms. The van der Waals surface area contributed by atoms with E-state index < -0.39 is 18.0 Å². The average Bonchev–Trinajstić information content (AvgIpc) is 2.68. The Morgan fingerprint density at radius 2 is 1.93 bits per heavy atom. The molecule has 1 aliphatic rings. The monoisotopic (exact) mass is 429 g/mol. The zero-order valence-electron chi connectivity index (χ0n) is 16.6. The van der Waals surface area contributed by atoms with Gasteiger partial charge in [-0.25, -0.2) is 19.2 Å². The van der Waals surface area contributed by atoms with E-state index in [1.807, 2.05) is 0 Å². The van der Waals surface area contributed by atoms with Crippen LogP contribution >= 0.6 is 0 Å². The molecule has 0 amide bonds. The maximum Gasteiger partial charge on any atom is 0.490 e. The van der Waals surface area contributed by atoms with E-state index in [9.17, 15) is 17.6 Å². The summed E-state index contributed by atoms with van der Waals surface area (Å²) in [4.78, 5) is 19.2. The Balaban J connectivity index is 0.000000396. The Labute approximate surface area is 171 Å². The van der Waals surface area contributed by atoms with E-state index in [1.54, 1.807) is 7.11 Å². The molecule has 0 aliphatic carbocycles. The number of aliphatic carboxylic acids is 1. The summed E-state index contributed by atoms with van der Waals surface area (Å²) in [5.41, 5.74) is 2.59.